The summed E-state index contributed by atoms with van der Waals surface area (Å²) in [5.41, 5.74) is 16.3. The Morgan fingerprint density at radius 1 is 0.359 bits per heavy atom. The van der Waals surface area contributed by atoms with Crippen molar-refractivity contribution in [3.8, 4) is 73.5 Å². The molecule has 0 atom stereocenters. The van der Waals surface area contributed by atoms with Gasteiger partial charge in [-0.2, -0.15) is 5.26 Å². The predicted molar refractivity (Wildman–Crippen MR) is 260 cm³/mol. The minimum absolute atomic E-state index is 0.610. The molecule has 0 spiro atoms. The summed E-state index contributed by atoms with van der Waals surface area (Å²) < 4.78 is 4.60. The van der Waals surface area contributed by atoms with E-state index in [1.807, 2.05) is 79.3 Å². The van der Waals surface area contributed by atoms with Crippen LogP contribution in [0.15, 0.2) is 219 Å². The molecule has 12 rings (SSSR count). The molecule has 6 nitrogen and oxygen atoms in total. The van der Waals surface area contributed by atoms with E-state index < -0.39 is 0 Å². The van der Waals surface area contributed by atoms with Crippen LogP contribution in [0.25, 0.3) is 111 Å². The second-order valence-corrected chi connectivity index (χ2v) is 16.0. The van der Waals surface area contributed by atoms with E-state index in [0.717, 1.165) is 111 Å². The molecule has 0 aliphatic carbocycles. The molecule has 0 bridgehead atoms. The van der Waals surface area contributed by atoms with E-state index in [0.29, 0.717) is 5.56 Å². The Bertz CT molecular complexity index is 3780. The van der Waals surface area contributed by atoms with E-state index in [4.69, 9.17) is 9.97 Å². The van der Waals surface area contributed by atoms with Crippen molar-refractivity contribution >= 4 is 43.6 Å². The van der Waals surface area contributed by atoms with Gasteiger partial charge in [0.1, 0.15) is 5.82 Å². The maximum Gasteiger partial charge on any atom is 0.138 e. The maximum absolute atomic E-state index is 9.77. The van der Waals surface area contributed by atoms with Gasteiger partial charge in [-0.3, -0.25) is 14.5 Å². The highest BCUT2D eigenvalue weighted by molar-refractivity contribution is 6.12. The lowest BCUT2D eigenvalue weighted by Crippen LogP contribution is -2.03. The summed E-state index contributed by atoms with van der Waals surface area (Å²) in [6, 6.07) is 72.0. The van der Waals surface area contributed by atoms with Crippen LogP contribution in [0.1, 0.15) is 5.56 Å². The Labute approximate surface area is 369 Å². The van der Waals surface area contributed by atoms with Gasteiger partial charge in [0, 0.05) is 50.6 Å². The first kappa shape index (κ1) is 36.9. The van der Waals surface area contributed by atoms with Gasteiger partial charge in [0.25, 0.3) is 0 Å². The van der Waals surface area contributed by atoms with Crippen LogP contribution in [0.3, 0.4) is 0 Å². The molecule has 0 fully saturated rings. The number of fused-ring (bicyclic) bond motifs is 6. The van der Waals surface area contributed by atoms with Gasteiger partial charge >= 0.3 is 0 Å². The SMILES string of the molecule is N#Cc1ccc(-c2cc(-n3c4ccccc4c4cc(-c5ccnc(-c6ccccc6)c5)ccc43)ncc2-n2c3ccccc3c3cc(-c4ccnc(-c5ccccc5)c4)ccc32)cc1. The molecular formula is C58H36N6. The molecule has 5 heterocycles. The van der Waals surface area contributed by atoms with Crippen molar-refractivity contribution in [3.05, 3.63) is 224 Å². The average molecular weight is 817 g/mol. The van der Waals surface area contributed by atoms with Crippen molar-refractivity contribution in [2.45, 2.75) is 0 Å². The van der Waals surface area contributed by atoms with Crippen LogP contribution >= 0.6 is 0 Å². The highest BCUT2D eigenvalue weighted by Crippen LogP contribution is 2.41. The second-order valence-electron chi connectivity index (χ2n) is 16.0. The number of rotatable bonds is 7. The molecule has 12 aromatic rings. The number of aromatic nitrogens is 5. The summed E-state index contributed by atoms with van der Waals surface area (Å²) in [5.74, 6) is 0.798. The zero-order chi connectivity index (χ0) is 42.6. The highest BCUT2D eigenvalue weighted by Gasteiger charge is 2.21. The average Bonchev–Trinajstić information content (AvgIpc) is 3.89. The molecule has 0 saturated heterocycles. The van der Waals surface area contributed by atoms with Crippen LogP contribution in [0.4, 0.5) is 0 Å². The molecule has 0 N–H and O–H groups in total. The Balaban J connectivity index is 1.03. The largest absolute Gasteiger partial charge is 0.307 e. The van der Waals surface area contributed by atoms with Crippen molar-refractivity contribution in [2.75, 3.05) is 0 Å². The zero-order valence-electron chi connectivity index (χ0n) is 34.5. The highest BCUT2D eigenvalue weighted by atomic mass is 15.1. The van der Waals surface area contributed by atoms with Gasteiger partial charge in [0.15, 0.2) is 0 Å². The number of pyridine rings is 3. The molecule has 0 radical (unpaired) electrons. The normalized spacial score (nSPS) is 11.4. The third-order valence-corrected chi connectivity index (χ3v) is 12.3. The van der Waals surface area contributed by atoms with Crippen molar-refractivity contribution < 1.29 is 0 Å². The fourth-order valence-corrected chi connectivity index (χ4v) is 9.26. The van der Waals surface area contributed by atoms with E-state index in [1.165, 1.54) is 0 Å². The summed E-state index contributed by atoms with van der Waals surface area (Å²) in [6.45, 7) is 0. The molecule has 7 aromatic carbocycles. The molecular weight excluding hydrogens is 781 g/mol. The van der Waals surface area contributed by atoms with Crippen molar-refractivity contribution in [2.24, 2.45) is 0 Å². The lowest BCUT2D eigenvalue weighted by atomic mass is 10.0. The Kier molecular flexibility index (Phi) is 8.77. The fourth-order valence-electron chi connectivity index (χ4n) is 9.26. The summed E-state index contributed by atoms with van der Waals surface area (Å²) in [7, 11) is 0. The second kappa shape index (κ2) is 15.2. The molecule has 298 valence electrons. The van der Waals surface area contributed by atoms with E-state index in [2.05, 4.69) is 160 Å². The number of para-hydroxylation sites is 2. The molecule has 6 heteroatoms. The molecule has 5 aromatic heterocycles. The van der Waals surface area contributed by atoms with Crippen LogP contribution < -0.4 is 0 Å². The third-order valence-electron chi connectivity index (χ3n) is 12.3. The van der Waals surface area contributed by atoms with Crippen molar-refractivity contribution in [1.29, 1.82) is 5.26 Å². The minimum atomic E-state index is 0.610. The molecule has 64 heavy (non-hydrogen) atoms. The van der Waals surface area contributed by atoms with Crippen LogP contribution in [-0.4, -0.2) is 24.1 Å². The molecule has 0 aliphatic heterocycles. The monoisotopic (exact) mass is 816 g/mol. The van der Waals surface area contributed by atoms with Gasteiger partial charge in [-0.15, -0.1) is 0 Å². The van der Waals surface area contributed by atoms with Gasteiger partial charge in [0.05, 0.1) is 57.0 Å². The summed E-state index contributed by atoms with van der Waals surface area (Å²) in [5, 5.41) is 14.3. The van der Waals surface area contributed by atoms with Crippen LogP contribution in [-0.2, 0) is 0 Å². The van der Waals surface area contributed by atoms with Gasteiger partial charge in [-0.1, -0.05) is 121 Å². The van der Waals surface area contributed by atoms with Gasteiger partial charge < -0.3 is 4.57 Å². The molecule has 0 aliphatic rings. The minimum Gasteiger partial charge on any atom is -0.307 e. The topological polar surface area (TPSA) is 72.3 Å². The Morgan fingerprint density at radius 2 is 0.828 bits per heavy atom. The maximum atomic E-state index is 9.77. The number of nitriles is 1. The number of hydrogen-bond acceptors (Lipinski definition) is 4. The van der Waals surface area contributed by atoms with Crippen molar-refractivity contribution in [1.82, 2.24) is 24.1 Å². The number of hydrogen-bond donors (Lipinski definition) is 0. The quantitative estimate of drug-likeness (QED) is 0.161. The Hall–Kier alpha value is -8.92. The van der Waals surface area contributed by atoms with E-state index >= 15 is 0 Å². The Morgan fingerprint density at radius 3 is 1.39 bits per heavy atom. The van der Waals surface area contributed by atoms with Gasteiger partial charge in [0.2, 0.25) is 0 Å². The first-order valence-corrected chi connectivity index (χ1v) is 21.3. The van der Waals surface area contributed by atoms with Crippen LogP contribution in [0.2, 0.25) is 0 Å². The zero-order valence-corrected chi connectivity index (χ0v) is 34.5. The standard InChI is InChI=1S/C58H36N6/c59-36-38-19-21-39(22-20-38)48-35-58(64-54-18-10-8-16-47(54)50-32-43(24-26-56(50)64)45-28-30-61-52(34-45)41-13-5-2-6-14-41)62-37-57(48)63-53-17-9-7-15-46(53)49-31-42(23-25-55(49)63)44-27-29-60-51(33-44)40-11-3-1-4-12-40/h1-35,37H. The van der Waals surface area contributed by atoms with E-state index in [9.17, 15) is 5.26 Å². The predicted octanol–water partition coefficient (Wildman–Crippen LogP) is 14.3. The first-order valence-electron chi connectivity index (χ1n) is 21.3. The fraction of sp³-hybridized carbons (Fsp3) is 0. The van der Waals surface area contributed by atoms with Crippen LogP contribution in [0.5, 0.6) is 0 Å². The third kappa shape index (κ3) is 6.22. The molecule has 0 saturated carbocycles. The first-order chi connectivity index (χ1) is 31.7. The summed E-state index contributed by atoms with van der Waals surface area (Å²) in [6.07, 6.45) is 5.79. The van der Waals surface area contributed by atoms with Gasteiger partial charge in [-0.25, -0.2) is 4.98 Å². The lowest BCUT2D eigenvalue weighted by Gasteiger charge is -2.17. The van der Waals surface area contributed by atoms with Crippen LogP contribution in [0, 0.1) is 11.3 Å². The van der Waals surface area contributed by atoms with Crippen molar-refractivity contribution in [3.63, 3.8) is 0 Å². The molecule has 0 amide bonds. The molecule has 0 unspecified atom stereocenters. The van der Waals surface area contributed by atoms with Gasteiger partial charge in [-0.05, 0) is 107 Å². The number of benzene rings is 7. The van der Waals surface area contributed by atoms with E-state index in [1.54, 1.807) is 0 Å². The smallest absolute Gasteiger partial charge is 0.138 e. The summed E-state index contributed by atoms with van der Waals surface area (Å²) >= 11 is 0. The van der Waals surface area contributed by atoms with E-state index in [-0.39, 0.29) is 0 Å². The summed E-state index contributed by atoms with van der Waals surface area (Å²) in [4.78, 5) is 14.7. The lowest BCUT2D eigenvalue weighted by molar-refractivity contribution is 1.06. The number of nitrogens with zero attached hydrogens (tertiary/aromatic N) is 6.